The molecule has 0 unspecified atom stereocenters. The van der Waals surface area contributed by atoms with Crippen molar-refractivity contribution < 1.29 is 33.3 Å². The summed E-state index contributed by atoms with van der Waals surface area (Å²) in [4.78, 5) is 38.4. The smallest absolute Gasteiger partial charge is 0.341 e. The first-order valence-corrected chi connectivity index (χ1v) is 11.1. The van der Waals surface area contributed by atoms with E-state index in [1.165, 1.54) is 17.4 Å². The van der Waals surface area contributed by atoms with Gasteiger partial charge in [0.05, 0.1) is 17.7 Å². The summed E-state index contributed by atoms with van der Waals surface area (Å²) in [7, 11) is 0. The van der Waals surface area contributed by atoms with Crippen LogP contribution in [0.4, 0.5) is 5.00 Å². The summed E-state index contributed by atoms with van der Waals surface area (Å²) >= 11 is 1.39. The van der Waals surface area contributed by atoms with Gasteiger partial charge in [0.15, 0.2) is 18.1 Å². The van der Waals surface area contributed by atoms with E-state index in [0.29, 0.717) is 35.3 Å². The lowest BCUT2D eigenvalue weighted by atomic mass is 9.95. The number of carbonyl (C=O) groups excluding carboxylic acids is 3. The van der Waals surface area contributed by atoms with Crippen LogP contribution in [0.3, 0.4) is 0 Å². The number of fused-ring (bicyclic) bond motifs is 2. The molecule has 1 aromatic heterocycles. The monoisotopic (exact) mass is 445 g/mol. The maximum absolute atomic E-state index is 12.5. The van der Waals surface area contributed by atoms with Crippen LogP contribution in [-0.4, -0.2) is 44.3 Å². The van der Waals surface area contributed by atoms with Crippen LogP contribution in [0.5, 0.6) is 11.5 Å². The summed E-state index contributed by atoms with van der Waals surface area (Å²) in [5.41, 5.74) is 1.64. The van der Waals surface area contributed by atoms with Crippen molar-refractivity contribution in [1.82, 2.24) is 0 Å². The first-order chi connectivity index (χ1) is 15.1. The lowest BCUT2D eigenvalue weighted by Crippen LogP contribution is -2.22. The Morgan fingerprint density at radius 3 is 2.61 bits per heavy atom. The van der Waals surface area contributed by atoms with Gasteiger partial charge >= 0.3 is 11.9 Å². The second-order valence-electron chi connectivity index (χ2n) is 7.12. The molecule has 2 aromatic rings. The van der Waals surface area contributed by atoms with E-state index in [2.05, 4.69) is 5.32 Å². The third-order valence-corrected chi connectivity index (χ3v) is 6.22. The van der Waals surface area contributed by atoms with Crippen LogP contribution in [0.15, 0.2) is 18.2 Å². The number of hydrogen-bond acceptors (Lipinski definition) is 8. The van der Waals surface area contributed by atoms with E-state index in [-0.39, 0.29) is 12.2 Å². The Balaban J connectivity index is 1.41. The summed E-state index contributed by atoms with van der Waals surface area (Å²) < 4.78 is 21.2. The summed E-state index contributed by atoms with van der Waals surface area (Å²) in [6.07, 6.45) is 3.71. The molecular formula is C22H23NO7S. The van der Waals surface area contributed by atoms with Gasteiger partial charge in [0, 0.05) is 4.88 Å². The topological polar surface area (TPSA) is 100 Å². The number of ether oxygens (including phenoxy) is 4. The summed E-state index contributed by atoms with van der Waals surface area (Å²) in [5, 5.41) is 3.17. The molecule has 9 heteroatoms. The molecule has 1 aliphatic heterocycles. The van der Waals surface area contributed by atoms with Gasteiger partial charge < -0.3 is 24.3 Å². The molecule has 0 atom stereocenters. The maximum Gasteiger partial charge on any atom is 0.341 e. The van der Waals surface area contributed by atoms with Crippen LogP contribution < -0.4 is 14.8 Å². The standard InChI is InChI=1S/C22H23NO7S/c1-2-27-22(26)19-14-5-3-4-6-17(14)31-20(19)23-18(24)12-30-21(25)13-7-8-15-16(11-13)29-10-9-28-15/h7-8,11H,2-6,9-10,12H2,1H3,(H,23,24). The van der Waals surface area contributed by atoms with Gasteiger partial charge in [0.1, 0.15) is 18.2 Å². The minimum absolute atomic E-state index is 0.254. The number of carbonyl (C=O) groups is 3. The molecule has 0 spiro atoms. The molecule has 0 bridgehead atoms. The number of thiophene rings is 1. The number of amides is 1. The zero-order chi connectivity index (χ0) is 21.8. The van der Waals surface area contributed by atoms with E-state index in [9.17, 15) is 14.4 Å². The minimum Gasteiger partial charge on any atom is -0.486 e. The normalized spacial score (nSPS) is 14.4. The lowest BCUT2D eigenvalue weighted by molar-refractivity contribution is -0.119. The van der Waals surface area contributed by atoms with Gasteiger partial charge in [-0.3, -0.25) is 4.79 Å². The predicted molar refractivity (Wildman–Crippen MR) is 113 cm³/mol. The second kappa shape index (κ2) is 9.38. The molecule has 1 N–H and O–H groups in total. The number of esters is 2. The number of hydrogen-bond donors (Lipinski definition) is 1. The van der Waals surface area contributed by atoms with Crippen LogP contribution >= 0.6 is 11.3 Å². The fourth-order valence-corrected chi connectivity index (χ4v) is 4.91. The molecule has 0 radical (unpaired) electrons. The SMILES string of the molecule is CCOC(=O)c1c(NC(=O)COC(=O)c2ccc3c(c2)OCCO3)sc2c1CCCC2. The van der Waals surface area contributed by atoms with Gasteiger partial charge in [0.2, 0.25) is 0 Å². The molecule has 2 heterocycles. The summed E-state index contributed by atoms with van der Waals surface area (Å²) in [6.45, 7) is 2.38. The van der Waals surface area contributed by atoms with Crippen LogP contribution in [0.2, 0.25) is 0 Å². The van der Waals surface area contributed by atoms with Crippen molar-refractivity contribution in [3.63, 3.8) is 0 Å². The fraction of sp³-hybridized carbons (Fsp3) is 0.409. The van der Waals surface area contributed by atoms with Gasteiger partial charge in [-0.05, 0) is 56.4 Å². The average molecular weight is 445 g/mol. The predicted octanol–water partition coefficient (Wildman–Crippen LogP) is 3.37. The Hall–Kier alpha value is -3.07. The van der Waals surface area contributed by atoms with E-state index < -0.39 is 24.5 Å². The number of nitrogens with one attached hydrogen (secondary N) is 1. The Kier molecular flexibility index (Phi) is 6.41. The van der Waals surface area contributed by atoms with Gasteiger partial charge in [-0.25, -0.2) is 9.59 Å². The molecule has 1 amide bonds. The first-order valence-electron chi connectivity index (χ1n) is 10.2. The molecule has 8 nitrogen and oxygen atoms in total. The van der Waals surface area contributed by atoms with E-state index in [1.54, 1.807) is 19.1 Å². The van der Waals surface area contributed by atoms with Crippen LogP contribution in [0.1, 0.15) is 50.9 Å². The van der Waals surface area contributed by atoms with Crippen molar-refractivity contribution >= 4 is 34.2 Å². The molecule has 0 saturated heterocycles. The molecule has 0 fully saturated rings. The molecule has 1 aliphatic carbocycles. The Morgan fingerprint density at radius 2 is 1.81 bits per heavy atom. The zero-order valence-corrected chi connectivity index (χ0v) is 18.0. The summed E-state index contributed by atoms with van der Waals surface area (Å²) in [5.74, 6) is -0.578. The Morgan fingerprint density at radius 1 is 1.03 bits per heavy atom. The van der Waals surface area contributed by atoms with Gasteiger partial charge in [-0.15, -0.1) is 11.3 Å². The van der Waals surface area contributed by atoms with E-state index >= 15 is 0 Å². The minimum atomic E-state index is -0.650. The van der Waals surface area contributed by atoms with Crippen LogP contribution in [-0.2, 0) is 27.1 Å². The molecule has 164 valence electrons. The number of rotatable bonds is 6. The van der Waals surface area contributed by atoms with Crippen molar-refractivity contribution in [3.05, 3.63) is 39.8 Å². The van der Waals surface area contributed by atoms with Gasteiger partial charge in [-0.1, -0.05) is 0 Å². The molecule has 2 aliphatic rings. The highest BCUT2D eigenvalue weighted by Crippen LogP contribution is 2.38. The summed E-state index contributed by atoms with van der Waals surface area (Å²) in [6, 6.07) is 4.72. The van der Waals surface area contributed by atoms with Crippen molar-refractivity contribution in [3.8, 4) is 11.5 Å². The molecule has 4 rings (SSSR count). The molecular weight excluding hydrogens is 422 g/mol. The largest absolute Gasteiger partial charge is 0.486 e. The maximum atomic E-state index is 12.5. The van der Waals surface area contributed by atoms with Crippen molar-refractivity contribution in [2.45, 2.75) is 32.6 Å². The highest BCUT2D eigenvalue weighted by Gasteiger charge is 2.27. The van der Waals surface area contributed by atoms with E-state index in [1.807, 2.05) is 0 Å². The molecule has 1 aromatic carbocycles. The number of benzene rings is 1. The average Bonchev–Trinajstić information content (AvgIpc) is 3.15. The van der Waals surface area contributed by atoms with Crippen LogP contribution in [0, 0.1) is 0 Å². The Bertz CT molecular complexity index is 1010. The van der Waals surface area contributed by atoms with Crippen molar-refractivity contribution in [2.24, 2.45) is 0 Å². The van der Waals surface area contributed by atoms with E-state index in [4.69, 9.17) is 18.9 Å². The molecule has 31 heavy (non-hydrogen) atoms. The quantitative estimate of drug-likeness (QED) is 0.681. The van der Waals surface area contributed by atoms with Crippen LogP contribution in [0.25, 0.3) is 0 Å². The zero-order valence-electron chi connectivity index (χ0n) is 17.2. The second-order valence-corrected chi connectivity index (χ2v) is 8.22. The number of anilines is 1. The third-order valence-electron chi connectivity index (χ3n) is 5.02. The van der Waals surface area contributed by atoms with Crippen molar-refractivity contribution in [1.29, 1.82) is 0 Å². The number of aryl methyl sites for hydroxylation is 1. The van der Waals surface area contributed by atoms with E-state index in [0.717, 1.165) is 36.1 Å². The lowest BCUT2D eigenvalue weighted by Gasteiger charge is -2.18. The van der Waals surface area contributed by atoms with Gasteiger partial charge in [0.25, 0.3) is 5.91 Å². The molecule has 0 saturated carbocycles. The first kappa shape index (κ1) is 21.2. The fourth-order valence-electron chi connectivity index (χ4n) is 3.62. The highest BCUT2D eigenvalue weighted by molar-refractivity contribution is 7.17. The van der Waals surface area contributed by atoms with Crippen molar-refractivity contribution in [2.75, 3.05) is 31.7 Å². The Labute approximate surface area is 183 Å². The third kappa shape index (κ3) is 4.66. The highest BCUT2D eigenvalue weighted by atomic mass is 32.1. The van der Waals surface area contributed by atoms with Gasteiger partial charge in [-0.2, -0.15) is 0 Å².